The average molecular weight is 180 g/mol. The molecule has 0 nitrogen and oxygen atoms in total. The van der Waals surface area contributed by atoms with Gasteiger partial charge in [0, 0.05) is 11.6 Å². The Balaban J connectivity index is 2.65. The molecule has 2 heteroatoms. The second kappa shape index (κ2) is 9.64. The molecule has 0 saturated carbocycles. The van der Waals surface area contributed by atoms with Gasteiger partial charge in [-0.05, 0) is 12.8 Å². The van der Waals surface area contributed by atoms with E-state index in [0.717, 1.165) is 11.6 Å². The van der Waals surface area contributed by atoms with Gasteiger partial charge in [-0.2, -0.15) is 0 Å². The summed E-state index contributed by atoms with van der Waals surface area (Å²) in [5.41, 5.74) is 0. The number of hydrogen-bond acceptors (Lipinski definition) is 0. The molecule has 0 fully saturated rings. The van der Waals surface area contributed by atoms with Crippen LogP contribution in [0.25, 0.3) is 0 Å². The van der Waals surface area contributed by atoms with E-state index in [4.69, 9.17) is 24.2 Å². The lowest BCUT2D eigenvalue weighted by Crippen LogP contribution is -1.80. The summed E-state index contributed by atoms with van der Waals surface area (Å²) in [5, 5.41) is 0. The van der Waals surface area contributed by atoms with Crippen LogP contribution >= 0.6 is 24.2 Å². The molecule has 0 heterocycles. The number of rotatable bonds is 7. The normalized spacial score (nSPS) is 10.2. The molecule has 0 unspecified atom stereocenters. The van der Waals surface area contributed by atoms with Crippen molar-refractivity contribution >= 4 is 24.2 Å². The van der Waals surface area contributed by atoms with Gasteiger partial charge in [0.15, 0.2) is 0 Å². The Morgan fingerprint density at radius 3 is 1.80 bits per heavy atom. The molecule has 0 N–H and O–H groups in total. The third-order valence-corrected chi connectivity index (χ3v) is 2.08. The molecule has 0 aliphatic carbocycles. The zero-order chi connectivity index (χ0) is 7.66. The minimum atomic E-state index is 0.820. The maximum Gasteiger partial charge on any atom is 0.0223 e. The molecule has 0 atom stereocenters. The lowest BCUT2D eigenvalue weighted by atomic mass is 10.1. The van der Waals surface area contributed by atoms with E-state index >= 15 is 0 Å². The molecule has 10 heavy (non-hydrogen) atoms. The van der Waals surface area contributed by atoms with Crippen molar-refractivity contribution in [1.29, 1.82) is 0 Å². The highest BCUT2D eigenvalue weighted by molar-refractivity contribution is 7.80. The van der Waals surface area contributed by atoms with Crippen LogP contribution in [-0.2, 0) is 0 Å². The third kappa shape index (κ3) is 8.64. The smallest absolute Gasteiger partial charge is 0.0223 e. The number of alkyl halides is 1. The highest BCUT2D eigenvalue weighted by Gasteiger charge is 1.88. The maximum absolute atomic E-state index is 5.52. The van der Waals surface area contributed by atoms with Crippen LogP contribution in [-0.4, -0.2) is 11.6 Å². The van der Waals surface area contributed by atoms with Gasteiger partial charge < -0.3 is 0 Å². The Morgan fingerprint density at radius 2 is 1.30 bits per heavy atom. The van der Waals surface area contributed by atoms with Crippen molar-refractivity contribution in [3.8, 4) is 0 Å². The second-order valence-corrected chi connectivity index (χ2v) is 3.30. The predicted molar refractivity (Wildman–Crippen MR) is 50.9 cm³/mol. The highest BCUT2D eigenvalue weighted by Crippen LogP contribution is 2.05. The van der Waals surface area contributed by atoms with Gasteiger partial charge >= 0.3 is 0 Å². The van der Waals surface area contributed by atoms with E-state index < -0.39 is 0 Å². The van der Waals surface area contributed by atoms with E-state index in [9.17, 15) is 0 Å². The van der Waals surface area contributed by atoms with Gasteiger partial charge in [0.05, 0.1) is 0 Å². The Kier molecular flexibility index (Phi) is 10.3. The Morgan fingerprint density at radius 1 is 0.800 bits per heavy atom. The first-order valence-electron chi connectivity index (χ1n) is 4.06. The van der Waals surface area contributed by atoms with Gasteiger partial charge in [-0.15, -0.1) is 11.6 Å². The van der Waals surface area contributed by atoms with Gasteiger partial charge in [0.1, 0.15) is 0 Å². The fourth-order valence-electron chi connectivity index (χ4n) is 0.904. The van der Waals surface area contributed by atoms with Crippen molar-refractivity contribution in [2.24, 2.45) is 0 Å². The molecule has 0 amide bonds. The quantitative estimate of drug-likeness (QED) is 0.413. The predicted octanol–water partition coefficient (Wildman–Crippen LogP) is 3.76. The molecule has 0 aliphatic heterocycles. The Hall–Kier alpha value is 0.640. The van der Waals surface area contributed by atoms with E-state index in [1.54, 1.807) is 0 Å². The van der Waals surface area contributed by atoms with Crippen molar-refractivity contribution in [2.45, 2.75) is 38.5 Å². The zero-order valence-electron chi connectivity index (χ0n) is 6.44. The largest absolute Gasteiger partial charge is 0.127 e. The Bertz CT molecular complexity index is 49.2. The summed E-state index contributed by atoms with van der Waals surface area (Å²) in [6.45, 7) is 0. The van der Waals surface area contributed by atoms with E-state index in [1.807, 2.05) is 0 Å². The molecule has 0 aromatic rings. The van der Waals surface area contributed by atoms with E-state index in [0.29, 0.717) is 0 Å². The van der Waals surface area contributed by atoms with Crippen LogP contribution in [0.1, 0.15) is 38.5 Å². The number of hydrogen-bond donors (Lipinski definition) is 0. The summed E-state index contributed by atoms with van der Waals surface area (Å²) < 4.78 is 0. The summed E-state index contributed by atoms with van der Waals surface area (Å²) in [5.74, 6) is 1.75. The third-order valence-electron chi connectivity index (χ3n) is 1.53. The lowest BCUT2D eigenvalue weighted by molar-refractivity contribution is 0.629. The molecule has 1 radical (unpaired) electrons. The monoisotopic (exact) mass is 179 g/mol. The zero-order valence-corrected chi connectivity index (χ0v) is 8.02. The van der Waals surface area contributed by atoms with Crippen LogP contribution in [0.15, 0.2) is 0 Å². The molecule has 0 rings (SSSR count). The van der Waals surface area contributed by atoms with Crippen LogP contribution in [0.5, 0.6) is 0 Å². The first kappa shape index (κ1) is 10.6. The summed E-state index contributed by atoms with van der Waals surface area (Å²) in [6.07, 6.45) is 7.67. The van der Waals surface area contributed by atoms with Crippen LogP contribution < -0.4 is 0 Å². The molecular weight excluding hydrogens is 164 g/mol. The van der Waals surface area contributed by atoms with E-state index in [1.165, 1.54) is 38.5 Å². The highest BCUT2D eigenvalue weighted by atomic mass is 35.5. The van der Waals surface area contributed by atoms with Crippen LogP contribution in [0, 0.1) is 0 Å². The SMILES string of the molecule is [S]CCCCCCCCCl. The van der Waals surface area contributed by atoms with Crippen molar-refractivity contribution in [3.63, 3.8) is 0 Å². The second-order valence-electron chi connectivity index (χ2n) is 2.51. The van der Waals surface area contributed by atoms with Crippen molar-refractivity contribution in [1.82, 2.24) is 0 Å². The minimum Gasteiger partial charge on any atom is -0.127 e. The van der Waals surface area contributed by atoms with Crippen molar-refractivity contribution < 1.29 is 0 Å². The molecular formula is C8H16ClS. The first-order chi connectivity index (χ1) is 4.91. The van der Waals surface area contributed by atoms with Crippen molar-refractivity contribution in [3.05, 3.63) is 0 Å². The fraction of sp³-hybridized carbons (Fsp3) is 1.00. The average Bonchev–Trinajstić information content (AvgIpc) is 1.97. The summed E-state index contributed by atoms with van der Waals surface area (Å²) in [7, 11) is 0. The summed E-state index contributed by atoms with van der Waals surface area (Å²) in [4.78, 5) is 0. The topological polar surface area (TPSA) is 0 Å². The summed E-state index contributed by atoms with van der Waals surface area (Å²) in [6, 6.07) is 0. The Labute approximate surface area is 74.8 Å². The van der Waals surface area contributed by atoms with Crippen LogP contribution in [0.2, 0.25) is 0 Å². The first-order valence-corrected chi connectivity index (χ1v) is 5.17. The van der Waals surface area contributed by atoms with Crippen LogP contribution in [0.3, 0.4) is 0 Å². The minimum absolute atomic E-state index is 0.820. The van der Waals surface area contributed by atoms with Gasteiger partial charge in [-0.3, -0.25) is 0 Å². The van der Waals surface area contributed by atoms with Gasteiger partial charge in [-0.25, -0.2) is 0 Å². The molecule has 0 aromatic carbocycles. The molecule has 0 aliphatic rings. The summed E-state index contributed by atoms with van der Waals surface area (Å²) >= 11 is 10.4. The maximum atomic E-state index is 5.52. The fourth-order valence-corrected chi connectivity index (χ4v) is 1.30. The van der Waals surface area contributed by atoms with Crippen LogP contribution in [0.4, 0.5) is 0 Å². The van der Waals surface area contributed by atoms with Gasteiger partial charge in [-0.1, -0.05) is 38.3 Å². The standard InChI is InChI=1S/C8H16ClS/c9-7-5-3-1-2-4-6-8-10/h1-8H2. The number of halogens is 1. The molecule has 0 spiro atoms. The molecule has 0 bridgehead atoms. The van der Waals surface area contributed by atoms with Gasteiger partial charge in [0.25, 0.3) is 0 Å². The number of unbranched alkanes of at least 4 members (excludes halogenated alkanes) is 5. The van der Waals surface area contributed by atoms with E-state index in [-0.39, 0.29) is 0 Å². The van der Waals surface area contributed by atoms with Gasteiger partial charge in [0.2, 0.25) is 0 Å². The molecule has 0 saturated heterocycles. The van der Waals surface area contributed by atoms with E-state index in [2.05, 4.69) is 0 Å². The van der Waals surface area contributed by atoms with Crippen molar-refractivity contribution in [2.75, 3.05) is 11.6 Å². The molecule has 61 valence electrons. The lowest BCUT2D eigenvalue weighted by Gasteiger charge is -1.96. The molecule has 0 aromatic heterocycles.